The Labute approximate surface area is 89.5 Å². The third-order valence-corrected chi connectivity index (χ3v) is 2.09. The molecule has 0 saturated carbocycles. The van der Waals surface area contributed by atoms with Crippen LogP contribution < -0.4 is 0 Å². The van der Waals surface area contributed by atoms with E-state index in [1.54, 1.807) is 6.07 Å². The summed E-state index contributed by atoms with van der Waals surface area (Å²) in [5.74, 6) is 0.421. The van der Waals surface area contributed by atoms with E-state index in [9.17, 15) is 4.79 Å². The van der Waals surface area contributed by atoms with E-state index >= 15 is 0 Å². The molecular formula is C11H18O4. The Morgan fingerprint density at radius 2 is 1.93 bits per heavy atom. The minimum absolute atomic E-state index is 0. The topological polar surface area (TPSA) is 70.9 Å². The number of carbonyl (C=O) groups is 1. The van der Waals surface area contributed by atoms with E-state index < -0.39 is 0 Å². The van der Waals surface area contributed by atoms with Crippen LogP contribution in [-0.4, -0.2) is 25.0 Å². The van der Waals surface area contributed by atoms with Crippen LogP contribution in [0.25, 0.3) is 0 Å². The minimum Gasteiger partial charge on any atom is -0.461 e. The van der Waals surface area contributed by atoms with Gasteiger partial charge in [0.1, 0.15) is 0 Å². The van der Waals surface area contributed by atoms with Gasteiger partial charge in [0.15, 0.2) is 12.0 Å². The number of ether oxygens (including phenoxy) is 1. The second-order valence-electron chi connectivity index (χ2n) is 3.26. The normalized spacial score (nSPS) is 14.5. The van der Waals surface area contributed by atoms with Crippen LogP contribution >= 0.6 is 0 Å². The van der Waals surface area contributed by atoms with Crippen molar-refractivity contribution in [2.75, 3.05) is 13.2 Å². The molecule has 0 spiro atoms. The molecule has 4 nitrogen and oxygen atoms in total. The van der Waals surface area contributed by atoms with Crippen LogP contribution in [0.1, 0.15) is 35.4 Å². The molecule has 2 heterocycles. The lowest BCUT2D eigenvalue weighted by Crippen LogP contribution is -2.03. The summed E-state index contributed by atoms with van der Waals surface area (Å²) in [6, 6.07) is 1.75. The molecule has 0 aliphatic carbocycles. The smallest absolute Gasteiger partial charge is 0.185 e. The first kappa shape index (κ1) is 13.9. The first-order chi connectivity index (χ1) is 6.84. The van der Waals surface area contributed by atoms with Crippen molar-refractivity contribution in [1.82, 2.24) is 0 Å². The molecule has 86 valence electrons. The summed E-state index contributed by atoms with van der Waals surface area (Å²) in [5, 5.41) is 0. The fourth-order valence-electron chi connectivity index (χ4n) is 1.19. The summed E-state index contributed by atoms with van der Waals surface area (Å²) in [6.07, 6.45) is 6.13. The van der Waals surface area contributed by atoms with E-state index in [1.165, 1.54) is 25.5 Å². The zero-order valence-corrected chi connectivity index (χ0v) is 8.99. The number of aryl methyl sites for hydroxylation is 1. The third kappa shape index (κ3) is 5.34. The molecule has 0 unspecified atom stereocenters. The first-order valence-electron chi connectivity index (χ1n) is 4.91. The van der Waals surface area contributed by atoms with Crippen molar-refractivity contribution < 1.29 is 19.4 Å². The van der Waals surface area contributed by atoms with E-state index in [1.807, 2.05) is 6.92 Å². The number of aldehydes is 1. The molecule has 0 radical (unpaired) electrons. The quantitative estimate of drug-likeness (QED) is 0.669. The fourth-order valence-corrected chi connectivity index (χ4v) is 1.19. The van der Waals surface area contributed by atoms with E-state index in [0.717, 1.165) is 18.8 Å². The predicted molar refractivity (Wildman–Crippen MR) is 57.1 cm³/mol. The van der Waals surface area contributed by atoms with E-state index in [2.05, 4.69) is 0 Å². The van der Waals surface area contributed by atoms with Gasteiger partial charge in [0, 0.05) is 13.2 Å². The zero-order chi connectivity index (χ0) is 10.2. The molecule has 2 rings (SSSR count). The molecule has 4 heteroatoms. The second kappa shape index (κ2) is 8.20. The largest absolute Gasteiger partial charge is 0.461 e. The second-order valence-corrected chi connectivity index (χ2v) is 3.26. The van der Waals surface area contributed by atoms with Crippen LogP contribution in [0, 0.1) is 6.92 Å². The van der Waals surface area contributed by atoms with Crippen LogP contribution in [0.5, 0.6) is 0 Å². The predicted octanol–water partition coefficient (Wildman–Crippen LogP) is 1.76. The summed E-state index contributed by atoms with van der Waals surface area (Å²) >= 11 is 0. The Bertz CT molecular complexity index is 252. The summed E-state index contributed by atoms with van der Waals surface area (Å²) in [5.41, 5.74) is 0.889. The SMILES string of the molecule is C1CCOCC1.Cc1ccoc1C=O.O. The third-order valence-electron chi connectivity index (χ3n) is 2.09. The van der Waals surface area contributed by atoms with Gasteiger partial charge in [-0.05, 0) is 37.8 Å². The lowest BCUT2D eigenvalue weighted by atomic mass is 10.2. The highest BCUT2D eigenvalue weighted by molar-refractivity contribution is 5.72. The average molecular weight is 214 g/mol. The van der Waals surface area contributed by atoms with Crippen molar-refractivity contribution in [3.05, 3.63) is 23.7 Å². The van der Waals surface area contributed by atoms with Crippen LogP contribution in [0.15, 0.2) is 16.7 Å². The molecule has 1 aliphatic heterocycles. The number of rotatable bonds is 1. The molecule has 1 fully saturated rings. The van der Waals surface area contributed by atoms with Gasteiger partial charge in [-0.25, -0.2) is 0 Å². The Balaban J connectivity index is 0.000000253. The molecule has 0 bridgehead atoms. The van der Waals surface area contributed by atoms with Gasteiger partial charge >= 0.3 is 0 Å². The van der Waals surface area contributed by atoms with Crippen LogP contribution in [0.4, 0.5) is 0 Å². The highest BCUT2D eigenvalue weighted by Gasteiger charge is 1.95. The Kier molecular flexibility index (Phi) is 7.58. The van der Waals surface area contributed by atoms with Crippen molar-refractivity contribution in [2.45, 2.75) is 26.2 Å². The molecule has 0 atom stereocenters. The van der Waals surface area contributed by atoms with Gasteiger partial charge in [0.2, 0.25) is 0 Å². The average Bonchev–Trinajstić information content (AvgIpc) is 2.67. The number of furan rings is 1. The van der Waals surface area contributed by atoms with Gasteiger partial charge in [-0.2, -0.15) is 0 Å². The maximum absolute atomic E-state index is 9.99. The highest BCUT2D eigenvalue weighted by atomic mass is 16.5. The van der Waals surface area contributed by atoms with Crippen LogP contribution in [0.2, 0.25) is 0 Å². The molecule has 1 saturated heterocycles. The van der Waals surface area contributed by atoms with Gasteiger partial charge in [-0.3, -0.25) is 4.79 Å². The summed E-state index contributed by atoms with van der Waals surface area (Å²) < 4.78 is 9.81. The van der Waals surface area contributed by atoms with E-state index in [4.69, 9.17) is 9.15 Å². The molecule has 0 amide bonds. The van der Waals surface area contributed by atoms with Crippen molar-refractivity contribution in [3.8, 4) is 0 Å². The number of hydrogen-bond acceptors (Lipinski definition) is 3. The van der Waals surface area contributed by atoms with E-state index in [0.29, 0.717) is 12.0 Å². The first-order valence-corrected chi connectivity index (χ1v) is 4.91. The fraction of sp³-hybridized carbons (Fsp3) is 0.545. The highest BCUT2D eigenvalue weighted by Crippen LogP contribution is 2.03. The maximum Gasteiger partial charge on any atom is 0.185 e. The minimum atomic E-state index is 0. The summed E-state index contributed by atoms with van der Waals surface area (Å²) in [7, 11) is 0. The van der Waals surface area contributed by atoms with Crippen molar-refractivity contribution in [1.29, 1.82) is 0 Å². The summed E-state index contributed by atoms with van der Waals surface area (Å²) in [6.45, 7) is 3.83. The molecule has 2 N–H and O–H groups in total. The lowest BCUT2D eigenvalue weighted by molar-refractivity contribution is 0.0968. The number of hydrogen-bond donors (Lipinski definition) is 0. The monoisotopic (exact) mass is 214 g/mol. The molecule has 15 heavy (non-hydrogen) atoms. The Hall–Kier alpha value is -1.13. The van der Waals surface area contributed by atoms with Gasteiger partial charge in [0.25, 0.3) is 0 Å². The Morgan fingerprint density at radius 1 is 1.27 bits per heavy atom. The number of carbonyl (C=O) groups excluding carboxylic acids is 1. The van der Waals surface area contributed by atoms with Gasteiger partial charge in [-0.1, -0.05) is 0 Å². The Morgan fingerprint density at radius 3 is 2.13 bits per heavy atom. The van der Waals surface area contributed by atoms with Crippen LogP contribution in [0.3, 0.4) is 0 Å². The molecule has 0 aromatic carbocycles. The van der Waals surface area contributed by atoms with Crippen molar-refractivity contribution in [2.24, 2.45) is 0 Å². The molecule has 1 aliphatic rings. The molecule has 1 aromatic heterocycles. The lowest BCUT2D eigenvalue weighted by Gasteiger charge is -2.08. The van der Waals surface area contributed by atoms with Crippen molar-refractivity contribution in [3.63, 3.8) is 0 Å². The molecule has 1 aromatic rings. The maximum atomic E-state index is 9.99. The van der Waals surface area contributed by atoms with Gasteiger partial charge in [0.05, 0.1) is 6.26 Å². The van der Waals surface area contributed by atoms with Crippen molar-refractivity contribution >= 4 is 6.29 Å². The van der Waals surface area contributed by atoms with Gasteiger partial charge < -0.3 is 14.6 Å². The standard InChI is InChI=1S/C6H6O2.C5H10O.H2O/c1-5-2-3-8-6(5)4-7;1-2-4-6-5-3-1;/h2-4H,1H3;1-5H2;1H2. The summed E-state index contributed by atoms with van der Waals surface area (Å²) in [4.78, 5) is 9.99. The van der Waals surface area contributed by atoms with E-state index in [-0.39, 0.29) is 5.48 Å². The van der Waals surface area contributed by atoms with Crippen LogP contribution in [-0.2, 0) is 4.74 Å². The van der Waals surface area contributed by atoms with Gasteiger partial charge in [-0.15, -0.1) is 0 Å². The zero-order valence-electron chi connectivity index (χ0n) is 8.99. The molecular weight excluding hydrogens is 196 g/mol.